The van der Waals surface area contributed by atoms with Crippen molar-refractivity contribution in [3.63, 3.8) is 0 Å². The predicted octanol–water partition coefficient (Wildman–Crippen LogP) is 3.50. The van der Waals surface area contributed by atoms with Gasteiger partial charge in [-0.15, -0.1) is 0 Å². The Morgan fingerprint density at radius 1 is 1.35 bits per heavy atom. The van der Waals surface area contributed by atoms with E-state index in [1.807, 2.05) is 6.92 Å². The highest BCUT2D eigenvalue weighted by Gasteiger charge is 2.22. The highest BCUT2D eigenvalue weighted by atomic mass is 35.5. The van der Waals surface area contributed by atoms with E-state index in [1.165, 1.54) is 12.3 Å². The molecule has 1 heterocycles. The zero-order valence-corrected chi connectivity index (χ0v) is 11.9. The van der Waals surface area contributed by atoms with Gasteiger partial charge in [0.1, 0.15) is 5.15 Å². The molecule has 0 aliphatic rings. The second kappa shape index (κ2) is 5.69. The molecule has 0 N–H and O–H groups in total. The molecule has 0 bridgehead atoms. The molecule has 0 saturated heterocycles. The van der Waals surface area contributed by atoms with Gasteiger partial charge in [-0.3, -0.25) is 4.79 Å². The van der Waals surface area contributed by atoms with E-state index in [0.29, 0.717) is 16.5 Å². The normalized spacial score (nSPS) is 12.6. The summed E-state index contributed by atoms with van der Waals surface area (Å²) in [5.41, 5.74) is 0.390. The molecule has 0 radical (unpaired) electrons. The van der Waals surface area contributed by atoms with Crippen LogP contribution in [-0.4, -0.2) is 28.9 Å². The summed E-state index contributed by atoms with van der Waals surface area (Å²) >= 11 is 11.7. The minimum Gasteiger partial charge on any atom is -0.339 e. The number of rotatable bonds is 3. The molecule has 5 heteroatoms. The van der Waals surface area contributed by atoms with Gasteiger partial charge in [-0.25, -0.2) is 4.98 Å². The molecule has 0 aromatic carbocycles. The minimum atomic E-state index is -0.138. The Kier molecular flexibility index (Phi) is 4.78. The van der Waals surface area contributed by atoms with Crippen LogP contribution in [0.4, 0.5) is 0 Å². The van der Waals surface area contributed by atoms with E-state index in [1.54, 1.807) is 11.9 Å². The molecule has 94 valence electrons. The Labute approximate surface area is 112 Å². The third-order valence-corrected chi connectivity index (χ3v) is 3.46. The molecule has 1 amide bonds. The summed E-state index contributed by atoms with van der Waals surface area (Å²) in [6.45, 7) is 6.13. The Hall–Kier alpha value is -0.800. The lowest BCUT2D eigenvalue weighted by atomic mass is 10.0. The van der Waals surface area contributed by atoms with Gasteiger partial charge in [0.15, 0.2) is 0 Å². The van der Waals surface area contributed by atoms with E-state index >= 15 is 0 Å². The van der Waals surface area contributed by atoms with Crippen molar-refractivity contribution in [3.05, 3.63) is 28.0 Å². The van der Waals surface area contributed by atoms with Crippen LogP contribution in [0.15, 0.2) is 12.3 Å². The van der Waals surface area contributed by atoms with Gasteiger partial charge in [0.05, 0.1) is 10.6 Å². The van der Waals surface area contributed by atoms with Crippen LogP contribution in [0.2, 0.25) is 10.2 Å². The lowest BCUT2D eigenvalue weighted by molar-refractivity contribution is 0.0707. The number of carbonyl (C=O) groups is 1. The lowest BCUT2D eigenvalue weighted by Crippen LogP contribution is -2.38. The maximum absolute atomic E-state index is 12.2. The van der Waals surface area contributed by atoms with Crippen molar-refractivity contribution in [1.82, 2.24) is 9.88 Å². The third-order valence-electron chi connectivity index (χ3n) is 2.95. The molecule has 1 unspecified atom stereocenters. The Morgan fingerprint density at radius 2 is 1.94 bits per heavy atom. The van der Waals surface area contributed by atoms with Gasteiger partial charge >= 0.3 is 0 Å². The Balaban J connectivity index is 3.00. The second-order valence-electron chi connectivity index (χ2n) is 4.39. The lowest BCUT2D eigenvalue weighted by Gasteiger charge is -2.28. The van der Waals surface area contributed by atoms with Crippen LogP contribution in [0.3, 0.4) is 0 Å². The van der Waals surface area contributed by atoms with Gasteiger partial charge in [0.2, 0.25) is 0 Å². The highest BCUT2D eigenvalue weighted by molar-refractivity contribution is 6.35. The van der Waals surface area contributed by atoms with Gasteiger partial charge in [-0.1, -0.05) is 37.0 Å². The standard InChI is InChI=1S/C12H16Cl2N2O/c1-7(2)8(3)16(4)12(17)9-5-11(14)15-6-10(9)13/h5-8H,1-4H3. The number of hydrogen-bond acceptors (Lipinski definition) is 2. The number of halogens is 2. The van der Waals surface area contributed by atoms with E-state index in [2.05, 4.69) is 18.8 Å². The van der Waals surface area contributed by atoms with Gasteiger partial charge in [0, 0.05) is 19.3 Å². The van der Waals surface area contributed by atoms with Crippen LogP contribution in [0.1, 0.15) is 31.1 Å². The summed E-state index contributed by atoms with van der Waals surface area (Å²) in [5, 5.41) is 0.588. The van der Waals surface area contributed by atoms with Crippen LogP contribution in [0.5, 0.6) is 0 Å². The molecular formula is C12H16Cl2N2O. The van der Waals surface area contributed by atoms with Crippen LogP contribution in [0.25, 0.3) is 0 Å². The fourth-order valence-corrected chi connectivity index (χ4v) is 1.74. The van der Waals surface area contributed by atoms with Gasteiger partial charge in [0.25, 0.3) is 5.91 Å². The maximum atomic E-state index is 12.2. The van der Waals surface area contributed by atoms with Crippen LogP contribution in [0, 0.1) is 5.92 Å². The molecule has 0 spiro atoms. The van der Waals surface area contributed by atoms with Crippen molar-refractivity contribution in [1.29, 1.82) is 0 Å². The molecule has 0 fully saturated rings. The van der Waals surface area contributed by atoms with Crippen molar-refractivity contribution in [2.24, 2.45) is 5.92 Å². The van der Waals surface area contributed by atoms with E-state index in [0.717, 1.165) is 0 Å². The van der Waals surface area contributed by atoms with Crippen LogP contribution in [-0.2, 0) is 0 Å². The van der Waals surface area contributed by atoms with Crippen molar-refractivity contribution >= 4 is 29.1 Å². The fraction of sp³-hybridized carbons (Fsp3) is 0.500. The summed E-state index contributed by atoms with van der Waals surface area (Å²) in [4.78, 5) is 17.7. The van der Waals surface area contributed by atoms with Gasteiger partial charge in [-0.2, -0.15) is 0 Å². The summed E-state index contributed by atoms with van der Waals surface area (Å²) in [6.07, 6.45) is 1.39. The second-order valence-corrected chi connectivity index (χ2v) is 5.18. The Bertz CT molecular complexity index is 421. The van der Waals surface area contributed by atoms with E-state index in [9.17, 15) is 4.79 Å². The first kappa shape index (κ1) is 14.3. The summed E-state index contributed by atoms with van der Waals surface area (Å²) in [6, 6.07) is 1.63. The van der Waals surface area contributed by atoms with Gasteiger partial charge in [-0.05, 0) is 18.9 Å². The number of aromatic nitrogens is 1. The summed E-state index contributed by atoms with van der Waals surface area (Å²) < 4.78 is 0. The molecule has 1 aromatic heterocycles. The maximum Gasteiger partial charge on any atom is 0.255 e. The first-order valence-electron chi connectivity index (χ1n) is 5.42. The first-order chi connectivity index (χ1) is 7.84. The summed E-state index contributed by atoms with van der Waals surface area (Å²) in [7, 11) is 1.76. The fourth-order valence-electron chi connectivity index (χ4n) is 1.40. The summed E-state index contributed by atoms with van der Waals surface area (Å²) in [5.74, 6) is 0.237. The molecule has 1 aromatic rings. The number of nitrogens with zero attached hydrogens (tertiary/aromatic N) is 2. The van der Waals surface area contributed by atoms with Crippen LogP contribution >= 0.6 is 23.2 Å². The van der Waals surface area contributed by atoms with Crippen molar-refractivity contribution in [2.45, 2.75) is 26.8 Å². The zero-order valence-electron chi connectivity index (χ0n) is 10.4. The molecule has 1 rings (SSSR count). The monoisotopic (exact) mass is 274 g/mol. The SMILES string of the molecule is CC(C)C(C)N(C)C(=O)c1cc(Cl)ncc1Cl. The highest BCUT2D eigenvalue weighted by Crippen LogP contribution is 2.21. The van der Waals surface area contributed by atoms with Gasteiger partial charge < -0.3 is 4.90 Å². The average Bonchev–Trinajstić information content (AvgIpc) is 2.29. The van der Waals surface area contributed by atoms with Crippen molar-refractivity contribution < 1.29 is 4.79 Å². The first-order valence-corrected chi connectivity index (χ1v) is 6.18. The predicted molar refractivity (Wildman–Crippen MR) is 70.7 cm³/mol. The number of pyridine rings is 1. The van der Waals surface area contributed by atoms with Crippen molar-refractivity contribution in [3.8, 4) is 0 Å². The number of carbonyl (C=O) groups excluding carboxylic acids is 1. The smallest absolute Gasteiger partial charge is 0.255 e. The minimum absolute atomic E-state index is 0.130. The molecular weight excluding hydrogens is 259 g/mol. The Morgan fingerprint density at radius 3 is 2.47 bits per heavy atom. The molecule has 3 nitrogen and oxygen atoms in total. The molecule has 1 atom stereocenters. The van der Waals surface area contributed by atoms with Crippen LogP contribution < -0.4 is 0 Å². The molecule has 0 saturated carbocycles. The molecule has 0 aliphatic carbocycles. The third kappa shape index (κ3) is 3.33. The van der Waals surface area contributed by atoms with Crippen molar-refractivity contribution in [2.75, 3.05) is 7.05 Å². The molecule has 17 heavy (non-hydrogen) atoms. The zero-order chi connectivity index (χ0) is 13.2. The number of amides is 1. The van der Waals surface area contributed by atoms with E-state index in [-0.39, 0.29) is 17.1 Å². The van der Waals surface area contributed by atoms with E-state index < -0.39 is 0 Å². The topological polar surface area (TPSA) is 33.2 Å². The average molecular weight is 275 g/mol. The van der Waals surface area contributed by atoms with E-state index in [4.69, 9.17) is 23.2 Å². The largest absolute Gasteiger partial charge is 0.339 e. The molecule has 0 aliphatic heterocycles. The quantitative estimate of drug-likeness (QED) is 0.791. The number of hydrogen-bond donors (Lipinski definition) is 0.